The number of hydrogen-bond acceptors (Lipinski definition) is 5. The summed E-state index contributed by atoms with van der Waals surface area (Å²) in [6.07, 6.45) is -0.318. The van der Waals surface area contributed by atoms with Gasteiger partial charge in [-0.3, -0.25) is 9.59 Å². The van der Waals surface area contributed by atoms with Crippen molar-refractivity contribution >= 4 is 11.9 Å². The van der Waals surface area contributed by atoms with Gasteiger partial charge in [-0.2, -0.15) is 0 Å². The van der Waals surface area contributed by atoms with Gasteiger partial charge >= 0.3 is 11.9 Å². The Morgan fingerprint density at radius 3 is 2.00 bits per heavy atom. The minimum atomic E-state index is -1.55. The first-order valence-electron chi connectivity index (χ1n) is 7.56. The van der Waals surface area contributed by atoms with Crippen LogP contribution >= 0.6 is 0 Å². The van der Waals surface area contributed by atoms with E-state index in [9.17, 15) is 9.59 Å². The molecule has 0 aromatic carbocycles. The summed E-state index contributed by atoms with van der Waals surface area (Å²) in [5.41, 5.74) is -1.11. The highest BCUT2D eigenvalue weighted by Gasteiger charge is 2.64. The van der Waals surface area contributed by atoms with Crippen LogP contribution < -0.4 is 0 Å². The largest absolute Gasteiger partial charge is 0.465 e. The Kier molecular flexibility index (Phi) is 5.96. The second-order valence-electron chi connectivity index (χ2n) is 5.47. The Labute approximate surface area is 126 Å². The number of carbonyl (C=O) groups excluding carboxylic acids is 2. The highest BCUT2D eigenvalue weighted by Crippen LogP contribution is 2.48. The number of carbonyl (C=O) groups is 2. The molecule has 0 amide bonds. The Morgan fingerprint density at radius 1 is 1.19 bits per heavy atom. The minimum Gasteiger partial charge on any atom is -0.465 e. The zero-order valence-corrected chi connectivity index (χ0v) is 13.6. The molecule has 0 aliphatic carbocycles. The molecule has 0 spiro atoms. The van der Waals surface area contributed by atoms with Crippen molar-refractivity contribution in [3.05, 3.63) is 12.2 Å². The van der Waals surface area contributed by atoms with Crippen molar-refractivity contribution in [2.45, 2.75) is 53.2 Å². The lowest BCUT2D eigenvalue weighted by molar-refractivity contribution is -0.175. The molecule has 1 aliphatic rings. The summed E-state index contributed by atoms with van der Waals surface area (Å²) >= 11 is 0. The third-order valence-electron chi connectivity index (χ3n) is 3.80. The predicted octanol–water partition coefficient (Wildman–Crippen LogP) is 2.49. The monoisotopic (exact) mass is 298 g/mol. The quantitative estimate of drug-likeness (QED) is 0.428. The summed E-state index contributed by atoms with van der Waals surface area (Å²) in [4.78, 5) is 25.2. The van der Waals surface area contributed by atoms with Gasteiger partial charge in [0.15, 0.2) is 0 Å². The molecule has 2 atom stereocenters. The maximum Gasteiger partial charge on any atom is 0.330 e. The van der Waals surface area contributed by atoms with Gasteiger partial charge in [0.25, 0.3) is 0 Å². The van der Waals surface area contributed by atoms with Crippen LogP contribution in [0.25, 0.3) is 0 Å². The van der Waals surface area contributed by atoms with E-state index in [2.05, 4.69) is 6.58 Å². The molecule has 0 bridgehead atoms. The molecule has 1 heterocycles. The SMILES string of the molecule is C=C1C(CC)OC(C(C)C)C1(C(=O)OCC)C(=O)OCC. The van der Waals surface area contributed by atoms with Gasteiger partial charge in [-0.05, 0) is 31.8 Å². The van der Waals surface area contributed by atoms with E-state index >= 15 is 0 Å². The minimum absolute atomic E-state index is 0.0490. The van der Waals surface area contributed by atoms with Crippen LogP contribution in [0.2, 0.25) is 0 Å². The van der Waals surface area contributed by atoms with E-state index in [0.717, 1.165) is 0 Å². The molecule has 2 unspecified atom stereocenters. The lowest BCUT2D eigenvalue weighted by Crippen LogP contribution is -2.51. The normalized spacial score (nSPS) is 24.2. The fourth-order valence-electron chi connectivity index (χ4n) is 2.87. The van der Waals surface area contributed by atoms with Crippen molar-refractivity contribution in [1.82, 2.24) is 0 Å². The predicted molar refractivity (Wildman–Crippen MR) is 78.6 cm³/mol. The Morgan fingerprint density at radius 2 is 1.67 bits per heavy atom. The van der Waals surface area contributed by atoms with Gasteiger partial charge in [0.05, 0.1) is 25.4 Å². The van der Waals surface area contributed by atoms with Crippen LogP contribution in [-0.4, -0.2) is 37.4 Å². The summed E-state index contributed by atoms with van der Waals surface area (Å²) in [5.74, 6) is -1.29. The summed E-state index contributed by atoms with van der Waals surface area (Å²) in [6, 6.07) is 0. The third kappa shape index (κ3) is 2.84. The molecule has 5 nitrogen and oxygen atoms in total. The van der Waals surface area contributed by atoms with Crippen LogP contribution in [-0.2, 0) is 23.8 Å². The number of hydrogen-bond donors (Lipinski definition) is 0. The van der Waals surface area contributed by atoms with Gasteiger partial charge in [0.2, 0.25) is 5.41 Å². The molecule has 5 heteroatoms. The van der Waals surface area contributed by atoms with Crippen molar-refractivity contribution < 1.29 is 23.8 Å². The van der Waals surface area contributed by atoms with Crippen LogP contribution in [0.4, 0.5) is 0 Å². The zero-order chi connectivity index (χ0) is 16.2. The number of esters is 2. The first kappa shape index (κ1) is 17.7. The molecule has 0 aromatic rings. The Balaban J connectivity index is 3.39. The molecule has 1 aliphatic heterocycles. The van der Waals surface area contributed by atoms with Crippen LogP contribution in [0.1, 0.15) is 41.0 Å². The Hall–Kier alpha value is -1.36. The van der Waals surface area contributed by atoms with E-state index in [4.69, 9.17) is 14.2 Å². The average Bonchev–Trinajstić information content (AvgIpc) is 2.73. The highest BCUT2D eigenvalue weighted by atomic mass is 16.6. The molecule has 1 fully saturated rings. The lowest BCUT2D eigenvalue weighted by Gasteiger charge is -2.32. The van der Waals surface area contributed by atoms with Gasteiger partial charge in [-0.25, -0.2) is 0 Å². The molecular weight excluding hydrogens is 272 g/mol. The molecule has 120 valence electrons. The van der Waals surface area contributed by atoms with Gasteiger partial charge in [-0.1, -0.05) is 27.4 Å². The van der Waals surface area contributed by atoms with Gasteiger partial charge in [0.1, 0.15) is 0 Å². The molecule has 1 rings (SSSR count). The summed E-state index contributed by atoms with van der Waals surface area (Å²) in [7, 11) is 0. The van der Waals surface area contributed by atoms with Gasteiger partial charge < -0.3 is 14.2 Å². The van der Waals surface area contributed by atoms with Crippen LogP contribution in [0.3, 0.4) is 0 Å². The average molecular weight is 298 g/mol. The van der Waals surface area contributed by atoms with Crippen molar-refractivity contribution in [2.75, 3.05) is 13.2 Å². The van der Waals surface area contributed by atoms with E-state index in [0.29, 0.717) is 12.0 Å². The zero-order valence-electron chi connectivity index (χ0n) is 13.6. The molecule has 21 heavy (non-hydrogen) atoms. The molecule has 1 saturated heterocycles. The molecule has 0 saturated carbocycles. The van der Waals surface area contributed by atoms with E-state index < -0.39 is 23.5 Å². The van der Waals surface area contributed by atoms with Crippen LogP contribution in [0.5, 0.6) is 0 Å². The molecule has 0 aromatic heterocycles. The lowest BCUT2D eigenvalue weighted by atomic mass is 9.72. The van der Waals surface area contributed by atoms with Crippen LogP contribution in [0, 0.1) is 11.3 Å². The van der Waals surface area contributed by atoms with Crippen molar-refractivity contribution in [3.63, 3.8) is 0 Å². The van der Waals surface area contributed by atoms with E-state index in [-0.39, 0.29) is 25.2 Å². The standard InChI is InChI=1S/C16H26O5/c1-7-12-11(6)16(14(17)19-8-2,15(18)20-9-3)13(21-12)10(4)5/h10,12-13H,6-9H2,1-5H3. The molecule has 0 radical (unpaired) electrons. The fraction of sp³-hybridized carbons (Fsp3) is 0.750. The fourth-order valence-corrected chi connectivity index (χ4v) is 2.87. The second kappa shape index (κ2) is 7.07. The second-order valence-corrected chi connectivity index (χ2v) is 5.47. The third-order valence-corrected chi connectivity index (χ3v) is 3.80. The highest BCUT2D eigenvalue weighted by molar-refractivity contribution is 6.05. The van der Waals surface area contributed by atoms with E-state index in [1.165, 1.54) is 0 Å². The van der Waals surface area contributed by atoms with E-state index in [1.54, 1.807) is 13.8 Å². The molecule has 0 N–H and O–H groups in total. The maximum atomic E-state index is 12.6. The smallest absolute Gasteiger partial charge is 0.330 e. The number of rotatable bonds is 6. The van der Waals surface area contributed by atoms with Gasteiger partial charge in [0, 0.05) is 0 Å². The van der Waals surface area contributed by atoms with Gasteiger partial charge in [-0.15, -0.1) is 0 Å². The first-order valence-corrected chi connectivity index (χ1v) is 7.56. The van der Waals surface area contributed by atoms with Crippen molar-refractivity contribution in [2.24, 2.45) is 11.3 Å². The van der Waals surface area contributed by atoms with Crippen molar-refractivity contribution in [1.29, 1.82) is 0 Å². The molecular formula is C16H26O5. The first-order chi connectivity index (χ1) is 9.87. The summed E-state index contributed by atoms with van der Waals surface area (Å²) in [6.45, 7) is 13.5. The Bertz CT molecular complexity index is 395. The van der Waals surface area contributed by atoms with Crippen molar-refractivity contribution in [3.8, 4) is 0 Å². The topological polar surface area (TPSA) is 61.8 Å². The summed E-state index contributed by atoms with van der Waals surface area (Å²) < 4.78 is 16.3. The van der Waals surface area contributed by atoms with E-state index in [1.807, 2.05) is 20.8 Å². The van der Waals surface area contributed by atoms with Crippen LogP contribution in [0.15, 0.2) is 12.2 Å². The number of ether oxygens (including phenoxy) is 3. The summed E-state index contributed by atoms with van der Waals surface area (Å²) in [5, 5.41) is 0. The maximum absolute atomic E-state index is 12.6.